The molecule has 0 radical (unpaired) electrons. The third kappa shape index (κ3) is 6.79. The van der Waals surface area contributed by atoms with Crippen LogP contribution in [0.25, 0.3) is 0 Å². The van der Waals surface area contributed by atoms with E-state index < -0.39 is 0 Å². The quantitative estimate of drug-likeness (QED) is 0.701. The molecule has 0 heterocycles. The summed E-state index contributed by atoms with van der Waals surface area (Å²) in [5.41, 5.74) is 1.66. The molecule has 1 amide bonds. The zero-order chi connectivity index (χ0) is 18.9. The second-order valence-corrected chi connectivity index (χ2v) is 7.05. The molecule has 0 fully saturated rings. The van der Waals surface area contributed by atoms with Gasteiger partial charge in [-0.05, 0) is 68.1 Å². The van der Waals surface area contributed by atoms with Crippen LogP contribution in [-0.4, -0.2) is 18.6 Å². The van der Waals surface area contributed by atoms with E-state index in [2.05, 4.69) is 19.2 Å². The van der Waals surface area contributed by atoms with E-state index in [4.69, 9.17) is 9.47 Å². The lowest BCUT2D eigenvalue weighted by molar-refractivity contribution is 0.0951. The molecule has 0 aliphatic carbocycles. The molecule has 4 nitrogen and oxygen atoms in total. The van der Waals surface area contributed by atoms with Gasteiger partial charge in [-0.1, -0.05) is 26.0 Å². The number of carbonyl (C=O) groups excluding carboxylic acids is 1. The molecule has 2 aromatic rings. The van der Waals surface area contributed by atoms with Crippen LogP contribution < -0.4 is 14.8 Å². The zero-order valence-electron chi connectivity index (χ0n) is 16.1. The van der Waals surface area contributed by atoms with E-state index >= 15 is 0 Å². The predicted molar refractivity (Wildman–Crippen MR) is 105 cm³/mol. The third-order valence-corrected chi connectivity index (χ3v) is 3.83. The number of hydrogen-bond acceptors (Lipinski definition) is 3. The Morgan fingerprint density at radius 1 is 0.923 bits per heavy atom. The Labute approximate surface area is 156 Å². The summed E-state index contributed by atoms with van der Waals surface area (Å²) in [6.07, 6.45) is 1.17. The molecule has 2 rings (SSSR count). The van der Waals surface area contributed by atoms with E-state index in [-0.39, 0.29) is 12.0 Å². The topological polar surface area (TPSA) is 47.6 Å². The van der Waals surface area contributed by atoms with Gasteiger partial charge in [0.05, 0.1) is 12.7 Å². The number of nitrogens with one attached hydrogen (secondary N) is 1. The first-order valence-corrected chi connectivity index (χ1v) is 9.20. The van der Waals surface area contributed by atoms with Gasteiger partial charge in [0.15, 0.2) is 0 Å². The standard InChI is InChI=1S/C22H29NO3/c1-16(2)13-14-25-20-11-7-19(8-12-20)22(24)23-15-18-5-9-21(10-6-18)26-17(3)4/h5-12,16-17H,13-15H2,1-4H3,(H,23,24). The SMILES string of the molecule is CC(C)CCOc1ccc(C(=O)NCc2ccc(OC(C)C)cc2)cc1. The van der Waals surface area contributed by atoms with Crippen LogP contribution in [0.4, 0.5) is 0 Å². The van der Waals surface area contributed by atoms with Crippen molar-refractivity contribution in [2.24, 2.45) is 5.92 Å². The molecule has 4 heteroatoms. The molecule has 0 aliphatic heterocycles. The number of ether oxygens (including phenoxy) is 2. The second-order valence-electron chi connectivity index (χ2n) is 7.05. The zero-order valence-corrected chi connectivity index (χ0v) is 16.1. The Morgan fingerprint density at radius 3 is 2.12 bits per heavy atom. The van der Waals surface area contributed by atoms with Gasteiger partial charge in [0.1, 0.15) is 11.5 Å². The van der Waals surface area contributed by atoms with Gasteiger partial charge in [-0.15, -0.1) is 0 Å². The van der Waals surface area contributed by atoms with Crippen molar-refractivity contribution in [1.29, 1.82) is 0 Å². The smallest absolute Gasteiger partial charge is 0.251 e. The van der Waals surface area contributed by atoms with Crippen molar-refractivity contribution in [3.05, 3.63) is 59.7 Å². The molecular formula is C22H29NO3. The summed E-state index contributed by atoms with van der Waals surface area (Å²) >= 11 is 0. The molecule has 0 aliphatic rings. The molecule has 0 atom stereocenters. The highest BCUT2D eigenvalue weighted by Gasteiger charge is 2.06. The minimum absolute atomic E-state index is 0.0961. The van der Waals surface area contributed by atoms with Crippen LogP contribution >= 0.6 is 0 Å². The highest BCUT2D eigenvalue weighted by Crippen LogP contribution is 2.15. The van der Waals surface area contributed by atoms with Crippen molar-refractivity contribution >= 4 is 5.91 Å². The van der Waals surface area contributed by atoms with Crippen LogP contribution in [0.3, 0.4) is 0 Å². The lowest BCUT2D eigenvalue weighted by atomic mass is 10.1. The largest absolute Gasteiger partial charge is 0.494 e. The van der Waals surface area contributed by atoms with E-state index in [1.54, 1.807) is 12.1 Å². The molecule has 0 saturated heterocycles. The highest BCUT2D eigenvalue weighted by atomic mass is 16.5. The Balaban J connectivity index is 1.82. The summed E-state index contributed by atoms with van der Waals surface area (Å²) in [6, 6.07) is 15.0. The molecule has 0 spiro atoms. The molecule has 26 heavy (non-hydrogen) atoms. The second kappa shape index (κ2) is 9.85. The summed E-state index contributed by atoms with van der Waals surface area (Å²) in [5, 5.41) is 2.93. The predicted octanol–water partition coefficient (Wildman–Crippen LogP) is 4.83. The first kappa shape index (κ1) is 19.8. The van der Waals surface area contributed by atoms with Gasteiger partial charge < -0.3 is 14.8 Å². The van der Waals surface area contributed by atoms with Crippen molar-refractivity contribution in [1.82, 2.24) is 5.32 Å². The molecule has 2 aromatic carbocycles. The van der Waals surface area contributed by atoms with Gasteiger partial charge in [0.25, 0.3) is 5.91 Å². The maximum atomic E-state index is 12.3. The number of benzene rings is 2. The molecule has 0 saturated carbocycles. The van der Waals surface area contributed by atoms with Gasteiger partial charge in [-0.2, -0.15) is 0 Å². The number of amides is 1. The van der Waals surface area contributed by atoms with Gasteiger partial charge in [0.2, 0.25) is 0 Å². The Kier molecular flexibility index (Phi) is 7.52. The Morgan fingerprint density at radius 2 is 1.54 bits per heavy atom. The minimum Gasteiger partial charge on any atom is -0.494 e. The summed E-state index contributed by atoms with van der Waals surface area (Å²) in [7, 11) is 0. The number of carbonyl (C=O) groups is 1. The van der Waals surface area contributed by atoms with Gasteiger partial charge >= 0.3 is 0 Å². The third-order valence-electron chi connectivity index (χ3n) is 3.83. The Bertz CT molecular complexity index is 676. The molecule has 0 unspecified atom stereocenters. The van der Waals surface area contributed by atoms with Crippen molar-refractivity contribution < 1.29 is 14.3 Å². The van der Waals surface area contributed by atoms with Crippen molar-refractivity contribution in [2.75, 3.05) is 6.61 Å². The fourth-order valence-electron chi connectivity index (χ4n) is 2.36. The molecule has 140 valence electrons. The molecule has 0 aromatic heterocycles. The van der Waals surface area contributed by atoms with Crippen molar-refractivity contribution in [2.45, 2.75) is 46.8 Å². The summed E-state index contributed by atoms with van der Waals surface area (Å²) in [5.74, 6) is 2.15. The van der Waals surface area contributed by atoms with E-state index in [1.165, 1.54) is 0 Å². The number of rotatable bonds is 9. The number of hydrogen-bond donors (Lipinski definition) is 1. The van der Waals surface area contributed by atoms with Gasteiger partial charge in [-0.25, -0.2) is 0 Å². The first-order valence-electron chi connectivity index (χ1n) is 9.20. The maximum Gasteiger partial charge on any atom is 0.251 e. The van der Waals surface area contributed by atoms with Crippen molar-refractivity contribution in [3.63, 3.8) is 0 Å². The Hall–Kier alpha value is -2.49. The first-order chi connectivity index (χ1) is 12.4. The normalized spacial score (nSPS) is 10.8. The van der Waals surface area contributed by atoms with E-state index in [1.807, 2.05) is 50.2 Å². The van der Waals surface area contributed by atoms with E-state index in [9.17, 15) is 4.79 Å². The van der Waals surface area contributed by atoms with E-state index in [0.717, 1.165) is 23.5 Å². The monoisotopic (exact) mass is 355 g/mol. The summed E-state index contributed by atoms with van der Waals surface area (Å²) in [6.45, 7) is 9.50. The fourth-order valence-corrected chi connectivity index (χ4v) is 2.36. The molecular weight excluding hydrogens is 326 g/mol. The summed E-state index contributed by atoms with van der Waals surface area (Å²) in [4.78, 5) is 12.3. The average Bonchev–Trinajstić information content (AvgIpc) is 2.60. The van der Waals surface area contributed by atoms with Gasteiger partial charge in [-0.3, -0.25) is 4.79 Å². The maximum absolute atomic E-state index is 12.3. The van der Waals surface area contributed by atoms with Crippen LogP contribution in [-0.2, 0) is 6.54 Å². The molecule has 0 bridgehead atoms. The lowest BCUT2D eigenvalue weighted by Crippen LogP contribution is -2.22. The van der Waals surface area contributed by atoms with Crippen LogP contribution in [0, 0.1) is 5.92 Å². The average molecular weight is 355 g/mol. The minimum atomic E-state index is -0.0961. The lowest BCUT2D eigenvalue weighted by Gasteiger charge is -2.11. The highest BCUT2D eigenvalue weighted by molar-refractivity contribution is 5.94. The van der Waals surface area contributed by atoms with Crippen LogP contribution in [0.1, 0.15) is 50.0 Å². The summed E-state index contributed by atoms with van der Waals surface area (Å²) < 4.78 is 11.3. The van der Waals surface area contributed by atoms with E-state index in [0.29, 0.717) is 24.6 Å². The van der Waals surface area contributed by atoms with Gasteiger partial charge in [0, 0.05) is 12.1 Å². The fraction of sp³-hybridized carbons (Fsp3) is 0.409. The van der Waals surface area contributed by atoms with Crippen LogP contribution in [0.15, 0.2) is 48.5 Å². The molecule has 1 N–H and O–H groups in total. The van der Waals surface area contributed by atoms with Crippen molar-refractivity contribution in [3.8, 4) is 11.5 Å². The van der Waals surface area contributed by atoms with Crippen LogP contribution in [0.2, 0.25) is 0 Å². The van der Waals surface area contributed by atoms with Crippen LogP contribution in [0.5, 0.6) is 11.5 Å².